The Hall–Kier alpha value is -2.24. The van der Waals surface area contributed by atoms with E-state index in [1.807, 2.05) is 26.8 Å². The molecule has 0 aliphatic carbocycles. The van der Waals surface area contributed by atoms with Crippen LogP contribution in [0.15, 0.2) is 22.3 Å². The predicted octanol–water partition coefficient (Wildman–Crippen LogP) is 1.58. The van der Waals surface area contributed by atoms with Gasteiger partial charge in [0.2, 0.25) is 0 Å². The van der Waals surface area contributed by atoms with Gasteiger partial charge in [0, 0.05) is 48.2 Å². The Morgan fingerprint density at radius 1 is 1.40 bits per heavy atom. The van der Waals surface area contributed by atoms with Gasteiger partial charge >= 0.3 is 0 Å². The van der Waals surface area contributed by atoms with E-state index in [1.54, 1.807) is 12.4 Å². The molecule has 0 spiro atoms. The average molecular weight is 357 g/mol. The molecule has 3 heterocycles. The van der Waals surface area contributed by atoms with Gasteiger partial charge in [-0.2, -0.15) is 5.26 Å². The number of aliphatic hydroxyl groups excluding tert-OH is 1. The standard InChI is InChI=1S/C17H19N5O2S/c1-17(2,3)15-19-5-11(6-20-15)13-12(4-18)14(24)22-7-10(8-23)9-25-16(22)21-13/h5-6,10,23H,7-9H2,1-3H3/t10-/m1/s1. The van der Waals surface area contributed by atoms with Crippen molar-refractivity contribution in [3.63, 3.8) is 0 Å². The molecule has 25 heavy (non-hydrogen) atoms. The number of thioether (sulfide) groups is 1. The fourth-order valence-corrected chi connectivity index (χ4v) is 3.63. The summed E-state index contributed by atoms with van der Waals surface area (Å²) in [4.78, 5) is 25.9. The van der Waals surface area contributed by atoms with Crippen molar-refractivity contribution in [2.75, 3.05) is 12.4 Å². The van der Waals surface area contributed by atoms with E-state index in [1.165, 1.54) is 16.3 Å². The summed E-state index contributed by atoms with van der Waals surface area (Å²) in [6, 6.07) is 1.97. The number of rotatable bonds is 2. The molecule has 0 unspecified atom stereocenters. The highest BCUT2D eigenvalue weighted by molar-refractivity contribution is 7.99. The summed E-state index contributed by atoms with van der Waals surface area (Å²) in [6.45, 7) is 6.42. The van der Waals surface area contributed by atoms with Crippen molar-refractivity contribution in [1.82, 2.24) is 19.5 Å². The van der Waals surface area contributed by atoms with Gasteiger partial charge < -0.3 is 5.11 Å². The second-order valence-corrected chi connectivity index (χ2v) is 8.04. The molecule has 0 fully saturated rings. The van der Waals surface area contributed by atoms with Crippen molar-refractivity contribution in [3.05, 3.63) is 34.1 Å². The summed E-state index contributed by atoms with van der Waals surface area (Å²) in [7, 11) is 0. The quantitative estimate of drug-likeness (QED) is 0.814. The van der Waals surface area contributed by atoms with Crippen LogP contribution in [-0.4, -0.2) is 37.0 Å². The molecule has 2 aromatic rings. The lowest BCUT2D eigenvalue weighted by atomic mass is 9.95. The molecule has 1 aliphatic rings. The molecule has 1 atom stereocenters. The van der Waals surface area contributed by atoms with Crippen molar-refractivity contribution < 1.29 is 5.11 Å². The van der Waals surface area contributed by atoms with Gasteiger partial charge in [0.1, 0.15) is 17.5 Å². The number of nitrogens with zero attached hydrogens (tertiary/aromatic N) is 5. The summed E-state index contributed by atoms with van der Waals surface area (Å²) in [5.41, 5.74) is 0.279. The minimum Gasteiger partial charge on any atom is -0.396 e. The first-order chi connectivity index (χ1) is 11.8. The van der Waals surface area contributed by atoms with Gasteiger partial charge in [-0.25, -0.2) is 15.0 Å². The first-order valence-corrected chi connectivity index (χ1v) is 8.95. The molecule has 8 heteroatoms. The lowest BCUT2D eigenvalue weighted by molar-refractivity contribution is 0.217. The van der Waals surface area contributed by atoms with Gasteiger partial charge in [-0.15, -0.1) is 0 Å². The fourth-order valence-electron chi connectivity index (χ4n) is 2.57. The monoisotopic (exact) mass is 357 g/mol. The second kappa shape index (κ2) is 6.58. The van der Waals surface area contributed by atoms with E-state index in [4.69, 9.17) is 0 Å². The average Bonchev–Trinajstić information content (AvgIpc) is 2.60. The zero-order chi connectivity index (χ0) is 18.2. The highest BCUT2D eigenvalue weighted by atomic mass is 32.2. The minimum atomic E-state index is -0.381. The Labute approximate surface area is 149 Å². The number of aliphatic hydroxyl groups is 1. The first kappa shape index (κ1) is 17.6. The Bertz CT molecular complexity index is 893. The zero-order valence-electron chi connectivity index (χ0n) is 14.4. The topological polar surface area (TPSA) is 105 Å². The zero-order valence-corrected chi connectivity index (χ0v) is 15.2. The Morgan fingerprint density at radius 2 is 2.08 bits per heavy atom. The SMILES string of the molecule is CC(C)(C)c1ncc(-c2nc3n(c(=O)c2C#N)C[C@H](CO)CS3)cn1. The Kier molecular flexibility index (Phi) is 4.62. The summed E-state index contributed by atoms with van der Waals surface area (Å²) in [5.74, 6) is 1.36. The molecular weight excluding hydrogens is 338 g/mol. The summed E-state index contributed by atoms with van der Waals surface area (Å²) >= 11 is 1.41. The van der Waals surface area contributed by atoms with E-state index in [-0.39, 0.29) is 29.1 Å². The normalized spacial score (nSPS) is 17.0. The molecule has 0 saturated heterocycles. The van der Waals surface area contributed by atoms with Crippen LogP contribution in [0, 0.1) is 17.2 Å². The Morgan fingerprint density at radius 3 is 2.64 bits per heavy atom. The van der Waals surface area contributed by atoms with Crippen molar-refractivity contribution in [3.8, 4) is 17.3 Å². The third-order valence-corrected chi connectivity index (χ3v) is 5.20. The number of aromatic nitrogens is 4. The molecule has 130 valence electrons. The second-order valence-electron chi connectivity index (χ2n) is 7.05. The maximum atomic E-state index is 12.7. The van der Waals surface area contributed by atoms with Crippen LogP contribution in [0.4, 0.5) is 0 Å². The van der Waals surface area contributed by atoms with E-state index in [9.17, 15) is 15.2 Å². The van der Waals surface area contributed by atoms with Crippen LogP contribution in [0.1, 0.15) is 32.2 Å². The molecule has 0 radical (unpaired) electrons. The van der Waals surface area contributed by atoms with Crippen LogP contribution in [-0.2, 0) is 12.0 Å². The van der Waals surface area contributed by atoms with Gasteiger partial charge in [0.25, 0.3) is 5.56 Å². The van der Waals surface area contributed by atoms with Crippen LogP contribution >= 0.6 is 11.8 Å². The first-order valence-electron chi connectivity index (χ1n) is 7.96. The number of hydrogen-bond acceptors (Lipinski definition) is 7. The Balaban J connectivity index is 2.10. The molecule has 0 saturated carbocycles. The molecule has 1 N–H and O–H groups in total. The van der Waals surface area contributed by atoms with Crippen molar-refractivity contribution in [2.24, 2.45) is 5.92 Å². The summed E-state index contributed by atoms with van der Waals surface area (Å²) < 4.78 is 1.47. The maximum Gasteiger partial charge on any atom is 0.272 e. The van der Waals surface area contributed by atoms with Crippen LogP contribution in [0.3, 0.4) is 0 Å². The highest BCUT2D eigenvalue weighted by Crippen LogP contribution is 2.28. The summed E-state index contributed by atoms with van der Waals surface area (Å²) in [6.07, 6.45) is 3.22. The third kappa shape index (κ3) is 3.30. The fraction of sp³-hybridized carbons (Fsp3) is 0.471. The molecule has 3 rings (SSSR count). The maximum absolute atomic E-state index is 12.7. The molecule has 7 nitrogen and oxygen atoms in total. The van der Waals surface area contributed by atoms with Gasteiger partial charge in [0.15, 0.2) is 5.16 Å². The molecular formula is C17H19N5O2S. The van der Waals surface area contributed by atoms with Gasteiger partial charge in [-0.1, -0.05) is 32.5 Å². The number of hydrogen-bond donors (Lipinski definition) is 1. The van der Waals surface area contributed by atoms with E-state index in [0.717, 1.165) is 0 Å². The van der Waals surface area contributed by atoms with E-state index in [0.29, 0.717) is 34.5 Å². The smallest absolute Gasteiger partial charge is 0.272 e. The van der Waals surface area contributed by atoms with Crippen LogP contribution < -0.4 is 5.56 Å². The molecule has 0 bridgehead atoms. The molecule has 1 aliphatic heterocycles. The van der Waals surface area contributed by atoms with Gasteiger partial charge in [-0.05, 0) is 0 Å². The van der Waals surface area contributed by atoms with Gasteiger partial charge in [-0.3, -0.25) is 9.36 Å². The van der Waals surface area contributed by atoms with Crippen LogP contribution in [0.5, 0.6) is 0 Å². The molecule has 0 amide bonds. The van der Waals surface area contributed by atoms with Gasteiger partial charge in [0.05, 0.1) is 5.69 Å². The van der Waals surface area contributed by atoms with Crippen molar-refractivity contribution >= 4 is 11.8 Å². The number of fused-ring (bicyclic) bond motifs is 1. The minimum absolute atomic E-state index is 0.00459. The molecule has 2 aromatic heterocycles. The third-order valence-electron chi connectivity index (χ3n) is 3.99. The van der Waals surface area contributed by atoms with E-state index >= 15 is 0 Å². The molecule has 0 aromatic carbocycles. The predicted molar refractivity (Wildman–Crippen MR) is 94.2 cm³/mol. The lowest BCUT2D eigenvalue weighted by Crippen LogP contribution is -2.34. The summed E-state index contributed by atoms with van der Waals surface area (Å²) in [5, 5.41) is 19.4. The van der Waals surface area contributed by atoms with Crippen LogP contribution in [0.25, 0.3) is 11.3 Å². The van der Waals surface area contributed by atoms with E-state index in [2.05, 4.69) is 15.0 Å². The van der Waals surface area contributed by atoms with Crippen molar-refractivity contribution in [1.29, 1.82) is 5.26 Å². The largest absolute Gasteiger partial charge is 0.396 e. The van der Waals surface area contributed by atoms with Crippen LogP contribution in [0.2, 0.25) is 0 Å². The van der Waals surface area contributed by atoms with E-state index < -0.39 is 0 Å². The number of nitriles is 1. The highest BCUT2D eigenvalue weighted by Gasteiger charge is 2.25. The van der Waals surface area contributed by atoms with Crippen molar-refractivity contribution in [2.45, 2.75) is 37.9 Å². The lowest BCUT2D eigenvalue weighted by Gasteiger charge is -2.24.